The quantitative estimate of drug-likeness (QED) is 0.264. The summed E-state index contributed by atoms with van der Waals surface area (Å²) in [6, 6.07) is 21.7. The number of benzene rings is 2. The number of hydrogen-bond donors (Lipinski definition) is 0. The third-order valence-corrected chi connectivity index (χ3v) is 7.40. The largest absolute Gasteiger partial charge is 0.376 e. The Morgan fingerprint density at radius 2 is 1.75 bits per heavy atom. The second-order valence-corrected chi connectivity index (χ2v) is 10.1. The summed E-state index contributed by atoms with van der Waals surface area (Å²) in [5.74, 6) is 1.21. The van der Waals surface area contributed by atoms with Gasteiger partial charge in [0.05, 0.1) is 12.7 Å². The molecule has 1 aromatic heterocycles. The number of hydrogen-bond acceptors (Lipinski definition) is 3. The summed E-state index contributed by atoms with van der Waals surface area (Å²) < 4.78 is 8.06. The number of rotatable bonds is 11. The van der Waals surface area contributed by atoms with E-state index in [0.29, 0.717) is 24.0 Å². The van der Waals surface area contributed by atoms with E-state index in [2.05, 4.69) is 85.8 Å². The first-order chi connectivity index (χ1) is 17.6. The predicted molar refractivity (Wildman–Crippen MR) is 147 cm³/mol. The van der Waals surface area contributed by atoms with E-state index < -0.39 is 0 Å². The maximum Gasteiger partial charge on any atom is 0.100 e. The van der Waals surface area contributed by atoms with Crippen molar-refractivity contribution in [3.63, 3.8) is 0 Å². The smallest absolute Gasteiger partial charge is 0.100 e. The van der Waals surface area contributed by atoms with Crippen LogP contribution < -0.4 is 0 Å². The highest BCUT2D eigenvalue weighted by Gasteiger charge is 2.25. The predicted octanol–water partition coefficient (Wildman–Crippen LogP) is 7.63. The Morgan fingerprint density at radius 1 is 1.03 bits per heavy atom. The van der Waals surface area contributed by atoms with Gasteiger partial charge in [0.25, 0.3) is 0 Å². The van der Waals surface area contributed by atoms with Crippen LogP contribution in [0.1, 0.15) is 57.2 Å². The number of nitriles is 1. The van der Waals surface area contributed by atoms with Crippen molar-refractivity contribution >= 4 is 0 Å². The monoisotopic (exact) mass is 481 g/mol. The molecule has 4 nitrogen and oxygen atoms in total. The number of aromatic nitrogens is 2. The van der Waals surface area contributed by atoms with Crippen LogP contribution in [0.2, 0.25) is 0 Å². The Kier molecular flexibility index (Phi) is 9.14. The van der Waals surface area contributed by atoms with Crippen molar-refractivity contribution in [1.82, 2.24) is 9.78 Å². The summed E-state index contributed by atoms with van der Waals surface area (Å²) in [7, 11) is 0. The van der Waals surface area contributed by atoms with Crippen LogP contribution in [0.5, 0.6) is 0 Å². The van der Waals surface area contributed by atoms with Crippen molar-refractivity contribution in [2.75, 3.05) is 13.2 Å². The van der Waals surface area contributed by atoms with Gasteiger partial charge in [-0.3, -0.25) is 4.68 Å². The van der Waals surface area contributed by atoms with Gasteiger partial charge in [0.2, 0.25) is 0 Å². The molecule has 0 N–H and O–H groups in total. The zero-order valence-electron chi connectivity index (χ0n) is 21.9. The van der Waals surface area contributed by atoms with Gasteiger partial charge in [0.15, 0.2) is 0 Å². The molecule has 4 heteroatoms. The van der Waals surface area contributed by atoms with Crippen molar-refractivity contribution in [1.29, 1.82) is 5.26 Å². The van der Waals surface area contributed by atoms with Crippen molar-refractivity contribution in [2.45, 2.75) is 65.3 Å². The van der Waals surface area contributed by atoms with Crippen LogP contribution in [0.4, 0.5) is 0 Å². The van der Waals surface area contributed by atoms with E-state index in [-0.39, 0.29) is 0 Å². The summed E-state index contributed by atoms with van der Waals surface area (Å²) in [5.41, 5.74) is 8.10. The molecule has 0 unspecified atom stereocenters. The Morgan fingerprint density at radius 3 is 2.44 bits per heavy atom. The fourth-order valence-electron chi connectivity index (χ4n) is 5.39. The molecule has 3 aromatic rings. The highest BCUT2D eigenvalue weighted by atomic mass is 16.5. The van der Waals surface area contributed by atoms with E-state index in [4.69, 9.17) is 15.1 Å². The molecule has 4 rings (SSSR count). The summed E-state index contributed by atoms with van der Waals surface area (Å²) in [6.45, 7) is 10.2. The van der Waals surface area contributed by atoms with E-state index in [1.165, 1.54) is 53.6 Å². The van der Waals surface area contributed by atoms with Gasteiger partial charge in [-0.05, 0) is 61.5 Å². The van der Waals surface area contributed by atoms with E-state index in [1.54, 1.807) is 0 Å². The molecule has 0 aliphatic heterocycles. The Bertz CT molecular complexity index is 1180. The minimum atomic E-state index is 0.356. The summed E-state index contributed by atoms with van der Waals surface area (Å²) in [5, 5.41) is 14.1. The van der Waals surface area contributed by atoms with Crippen molar-refractivity contribution in [3.8, 4) is 28.5 Å². The molecule has 1 aliphatic rings. The number of ether oxygens (including phenoxy) is 1. The van der Waals surface area contributed by atoms with E-state index in [9.17, 15) is 0 Å². The maximum atomic E-state index is 8.86. The van der Waals surface area contributed by atoms with Gasteiger partial charge in [-0.25, -0.2) is 0 Å². The molecule has 0 spiro atoms. The van der Waals surface area contributed by atoms with Gasteiger partial charge in [-0.1, -0.05) is 81.4 Å². The molecule has 1 fully saturated rings. The van der Waals surface area contributed by atoms with Gasteiger partial charge in [0, 0.05) is 35.5 Å². The zero-order chi connectivity index (χ0) is 25.3. The molecule has 0 bridgehead atoms. The van der Waals surface area contributed by atoms with Crippen LogP contribution in [0, 0.1) is 23.2 Å². The first-order valence-corrected chi connectivity index (χ1v) is 13.5. The topological polar surface area (TPSA) is 50.8 Å². The molecule has 0 radical (unpaired) electrons. The summed E-state index contributed by atoms with van der Waals surface area (Å²) in [4.78, 5) is 0. The van der Waals surface area contributed by atoms with Crippen LogP contribution in [0.25, 0.3) is 22.4 Å². The van der Waals surface area contributed by atoms with Gasteiger partial charge in [-0.2, -0.15) is 10.4 Å². The first-order valence-electron chi connectivity index (χ1n) is 13.5. The molecule has 1 heterocycles. The van der Waals surface area contributed by atoms with Crippen LogP contribution in [-0.2, 0) is 24.1 Å². The molecule has 1 aliphatic carbocycles. The van der Waals surface area contributed by atoms with Crippen LogP contribution in [0.15, 0.2) is 66.7 Å². The second-order valence-electron chi connectivity index (χ2n) is 10.1. The summed E-state index contributed by atoms with van der Waals surface area (Å²) >= 11 is 0. The van der Waals surface area contributed by atoms with E-state index >= 15 is 0 Å². The molecule has 1 saturated carbocycles. The lowest BCUT2D eigenvalue weighted by Crippen LogP contribution is -2.23. The Balaban J connectivity index is 1.57. The average Bonchev–Trinajstić information content (AvgIpc) is 3.28. The average molecular weight is 482 g/mol. The lowest BCUT2D eigenvalue weighted by Gasteiger charge is -2.28. The Hall–Kier alpha value is -3.16. The van der Waals surface area contributed by atoms with Crippen molar-refractivity contribution < 1.29 is 4.74 Å². The maximum absolute atomic E-state index is 8.86. The molecule has 0 saturated heterocycles. The van der Waals surface area contributed by atoms with Crippen LogP contribution in [-0.4, -0.2) is 23.0 Å². The second kappa shape index (κ2) is 12.7. The number of aryl methyl sites for hydroxylation is 1. The van der Waals surface area contributed by atoms with Gasteiger partial charge in [0.1, 0.15) is 5.69 Å². The zero-order valence-corrected chi connectivity index (χ0v) is 21.9. The van der Waals surface area contributed by atoms with E-state index in [0.717, 1.165) is 38.1 Å². The molecular formula is C32H39N3O. The Labute approximate surface area is 216 Å². The molecular weight excluding hydrogens is 442 g/mol. The van der Waals surface area contributed by atoms with Crippen LogP contribution in [0.3, 0.4) is 0 Å². The minimum Gasteiger partial charge on any atom is -0.376 e. The molecule has 188 valence electrons. The third kappa shape index (κ3) is 6.33. The van der Waals surface area contributed by atoms with Gasteiger partial charge in [-0.15, -0.1) is 0 Å². The highest BCUT2D eigenvalue weighted by Crippen LogP contribution is 2.37. The fraction of sp³-hybridized carbons (Fsp3) is 0.438. The lowest BCUT2D eigenvalue weighted by molar-refractivity contribution is 0.0911. The van der Waals surface area contributed by atoms with Crippen LogP contribution >= 0.6 is 0 Å². The lowest BCUT2D eigenvalue weighted by atomic mass is 9.82. The van der Waals surface area contributed by atoms with Gasteiger partial charge < -0.3 is 4.74 Å². The SMILES string of the molecule is C=C(C#N)COCC1CCC(Cn2nc(-c3ccccc3)c(-c3cccc(CC)c3)c2CCC)CC1. The third-order valence-electron chi connectivity index (χ3n) is 7.40. The molecule has 36 heavy (non-hydrogen) atoms. The molecule has 0 amide bonds. The molecule has 2 aromatic carbocycles. The van der Waals surface area contributed by atoms with Gasteiger partial charge >= 0.3 is 0 Å². The molecule has 0 atom stereocenters. The number of nitrogens with zero attached hydrogens (tertiary/aromatic N) is 3. The van der Waals surface area contributed by atoms with Crippen molar-refractivity contribution in [3.05, 3.63) is 78.0 Å². The standard InChI is InChI=1S/C32H39N3O/c1-4-10-30-31(29-14-9-11-25(5-2)19-29)32(28-12-7-6-8-13-28)34-35(30)21-26-15-17-27(18-16-26)23-36-22-24(3)20-33/h6-9,11-14,19,26-27H,3-5,10,15-18,21-23H2,1-2H3. The highest BCUT2D eigenvalue weighted by molar-refractivity contribution is 5.83. The minimum absolute atomic E-state index is 0.356. The first kappa shape index (κ1) is 25.9. The normalized spacial score (nSPS) is 17.6. The van der Waals surface area contributed by atoms with Crippen molar-refractivity contribution in [2.24, 2.45) is 11.8 Å². The van der Waals surface area contributed by atoms with E-state index in [1.807, 2.05) is 0 Å². The summed E-state index contributed by atoms with van der Waals surface area (Å²) in [6.07, 6.45) is 7.88. The fourth-order valence-corrected chi connectivity index (χ4v) is 5.39.